The predicted molar refractivity (Wildman–Crippen MR) is 57.0 cm³/mol. The summed E-state index contributed by atoms with van der Waals surface area (Å²) >= 11 is 0. The molecule has 0 fully saturated rings. The van der Waals surface area contributed by atoms with Crippen molar-refractivity contribution in [3.05, 3.63) is 12.2 Å². The first-order chi connectivity index (χ1) is 6.74. The molecule has 0 heterocycles. The highest BCUT2D eigenvalue weighted by atomic mass is 16.7. The first-order valence-corrected chi connectivity index (χ1v) is 5.06. The summed E-state index contributed by atoms with van der Waals surface area (Å²) in [5, 5.41) is 8.55. The molecule has 0 bridgehead atoms. The molecule has 0 aromatic heterocycles. The molecule has 0 spiro atoms. The third-order valence-corrected chi connectivity index (χ3v) is 2.23. The van der Waals surface area contributed by atoms with Gasteiger partial charge in [-0.25, -0.2) is 0 Å². The molecule has 0 saturated carbocycles. The Bertz CT molecular complexity index is 141. The van der Waals surface area contributed by atoms with Gasteiger partial charge < -0.3 is 14.6 Å². The highest BCUT2D eigenvalue weighted by molar-refractivity contribution is 4.82. The van der Waals surface area contributed by atoms with Crippen molar-refractivity contribution in [2.45, 2.75) is 32.5 Å². The van der Waals surface area contributed by atoms with Crippen molar-refractivity contribution in [1.82, 2.24) is 0 Å². The second-order valence-electron chi connectivity index (χ2n) is 3.47. The summed E-state index contributed by atoms with van der Waals surface area (Å²) in [4.78, 5) is 0. The average Bonchev–Trinajstić information content (AvgIpc) is 2.20. The fourth-order valence-corrected chi connectivity index (χ4v) is 1.27. The Balaban J connectivity index is 3.51. The van der Waals surface area contributed by atoms with Crippen LogP contribution in [0.3, 0.4) is 0 Å². The second-order valence-corrected chi connectivity index (χ2v) is 3.47. The van der Waals surface area contributed by atoms with Crippen LogP contribution in [0.1, 0.15) is 26.2 Å². The molecule has 0 saturated heterocycles. The predicted octanol–water partition coefficient (Wildman–Crippen LogP) is 1.96. The van der Waals surface area contributed by atoms with Gasteiger partial charge in [0, 0.05) is 14.2 Å². The van der Waals surface area contributed by atoms with Gasteiger partial charge in [0.05, 0.1) is 6.61 Å². The van der Waals surface area contributed by atoms with E-state index >= 15 is 0 Å². The monoisotopic (exact) mass is 202 g/mol. The minimum absolute atomic E-state index is 0.0840. The van der Waals surface area contributed by atoms with E-state index in [4.69, 9.17) is 14.6 Å². The fraction of sp³-hybridized carbons (Fsp3) is 0.818. The van der Waals surface area contributed by atoms with Crippen LogP contribution in [0, 0.1) is 5.92 Å². The Morgan fingerprint density at radius 2 is 1.79 bits per heavy atom. The van der Waals surface area contributed by atoms with E-state index in [1.807, 2.05) is 6.08 Å². The van der Waals surface area contributed by atoms with Crippen molar-refractivity contribution in [3.63, 3.8) is 0 Å². The van der Waals surface area contributed by atoms with Gasteiger partial charge in [-0.1, -0.05) is 19.1 Å². The molecule has 14 heavy (non-hydrogen) atoms. The van der Waals surface area contributed by atoms with Gasteiger partial charge in [0.2, 0.25) is 0 Å². The minimum atomic E-state index is -0.0840. The molecule has 3 heteroatoms. The summed E-state index contributed by atoms with van der Waals surface area (Å²) in [5.41, 5.74) is 0. The van der Waals surface area contributed by atoms with Crippen molar-refractivity contribution in [2.24, 2.45) is 5.92 Å². The van der Waals surface area contributed by atoms with Gasteiger partial charge in [0.1, 0.15) is 0 Å². The molecule has 0 unspecified atom stereocenters. The largest absolute Gasteiger partial charge is 0.392 e. The minimum Gasteiger partial charge on any atom is -0.392 e. The van der Waals surface area contributed by atoms with Gasteiger partial charge in [-0.05, 0) is 25.2 Å². The Labute approximate surface area is 86.7 Å². The lowest BCUT2D eigenvalue weighted by atomic mass is 10.0. The maximum Gasteiger partial charge on any atom is 0.156 e. The highest BCUT2D eigenvalue weighted by Crippen LogP contribution is 2.14. The number of ether oxygens (including phenoxy) is 2. The summed E-state index contributed by atoms with van der Waals surface area (Å²) in [6.45, 7) is 2.32. The smallest absolute Gasteiger partial charge is 0.156 e. The SMILES string of the molecule is COC(CC[C@@H](C)C/C=C/CO)OC. The van der Waals surface area contributed by atoms with Gasteiger partial charge in [0.25, 0.3) is 0 Å². The van der Waals surface area contributed by atoms with Crippen molar-refractivity contribution in [2.75, 3.05) is 20.8 Å². The molecule has 1 atom stereocenters. The molecule has 0 rings (SSSR count). The molecule has 84 valence electrons. The van der Waals surface area contributed by atoms with Crippen molar-refractivity contribution in [1.29, 1.82) is 0 Å². The molecular weight excluding hydrogens is 180 g/mol. The first-order valence-electron chi connectivity index (χ1n) is 5.06. The molecule has 0 aliphatic rings. The molecular formula is C11H22O3. The van der Waals surface area contributed by atoms with Gasteiger partial charge in [-0.3, -0.25) is 0 Å². The standard InChI is InChI=1S/C11H22O3/c1-10(6-4-5-9-12)7-8-11(13-2)14-3/h4-5,10-12H,6-9H2,1-3H3/b5-4+/t10-/m0/s1. The van der Waals surface area contributed by atoms with Gasteiger partial charge in [-0.15, -0.1) is 0 Å². The van der Waals surface area contributed by atoms with Crippen LogP contribution < -0.4 is 0 Å². The van der Waals surface area contributed by atoms with Crippen LogP contribution in [-0.2, 0) is 9.47 Å². The van der Waals surface area contributed by atoms with Gasteiger partial charge >= 0.3 is 0 Å². The van der Waals surface area contributed by atoms with E-state index in [1.165, 1.54) is 0 Å². The zero-order chi connectivity index (χ0) is 10.8. The second kappa shape index (κ2) is 9.19. The first kappa shape index (κ1) is 13.6. The van der Waals surface area contributed by atoms with E-state index in [0.717, 1.165) is 19.3 Å². The van der Waals surface area contributed by atoms with Crippen molar-refractivity contribution < 1.29 is 14.6 Å². The summed E-state index contributed by atoms with van der Waals surface area (Å²) in [5.74, 6) is 0.602. The van der Waals surface area contributed by atoms with Crippen LogP contribution in [0.2, 0.25) is 0 Å². The number of hydrogen-bond donors (Lipinski definition) is 1. The number of rotatable bonds is 8. The lowest BCUT2D eigenvalue weighted by Gasteiger charge is -2.15. The van der Waals surface area contributed by atoms with Crippen LogP contribution in [0.25, 0.3) is 0 Å². The van der Waals surface area contributed by atoms with E-state index in [2.05, 4.69) is 6.92 Å². The molecule has 0 aromatic carbocycles. The van der Waals surface area contributed by atoms with Crippen LogP contribution in [0.5, 0.6) is 0 Å². The molecule has 0 aliphatic carbocycles. The Morgan fingerprint density at radius 1 is 1.14 bits per heavy atom. The maximum absolute atomic E-state index is 8.55. The van der Waals surface area contributed by atoms with E-state index in [9.17, 15) is 0 Å². The molecule has 0 radical (unpaired) electrons. The summed E-state index contributed by atoms with van der Waals surface area (Å²) < 4.78 is 10.2. The maximum atomic E-state index is 8.55. The fourth-order valence-electron chi connectivity index (χ4n) is 1.27. The average molecular weight is 202 g/mol. The zero-order valence-corrected chi connectivity index (χ0v) is 9.40. The summed E-state index contributed by atoms with van der Waals surface area (Å²) in [7, 11) is 3.31. The third kappa shape index (κ3) is 7.06. The van der Waals surface area contributed by atoms with E-state index in [1.54, 1.807) is 20.3 Å². The highest BCUT2D eigenvalue weighted by Gasteiger charge is 2.07. The van der Waals surface area contributed by atoms with Gasteiger partial charge in [0.15, 0.2) is 6.29 Å². The van der Waals surface area contributed by atoms with Crippen LogP contribution in [-0.4, -0.2) is 32.2 Å². The third-order valence-electron chi connectivity index (χ3n) is 2.23. The summed E-state index contributed by atoms with van der Waals surface area (Å²) in [6.07, 6.45) is 6.70. The number of allylic oxidation sites excluding steroid dienone is 1. The Hall–Kier alpha value is -0.380. The lowest BCUT2D eigenvalue weighted by Crippen LogP contribution is -2.13. The van der Waals surface area contributed by atoms with Crippen molar-refractivity contribution in [3.8, 4) is 0 Å². The van der Waals surface area contributed by atoms with E-state index in [-0.39, 0.29) is 12.9 Å². The summed E-state index contributed by atoms with van der Waals surface area (Å²) in [6, 6.07) is 0. The number of aliphatic hydroxyl groups is 1. The van der Waals surface area contributed by atoms with Crippen molar-refractivity contribution >= 4 is 0 Å². The van der Waals surface area contributed by atoms with Crippen LogP contribution >= 0.6 is 0 Å². The quantitative estimate of drug-likeness (QED) is 0.483. The number of methoxy groups -OCH3 is 2. The molecule has 0 amide bonds. The molecule has 0 aliphatic heterocycles. The van der Waals surface area contributed by atoms with Gasteiger partial charge in [-0.2, -0.15) is 0 Å². The molecule has 0 aromatic rings. The van der Waals surface area contributed by atoms with Crippen LogP contribution in [0.15, 0.2) is 12.2 Å². The molecule has 1 N–H and O–H groups in total. The van der Waals surface area contributed by atoms with Crippen LogP contribution in [0.4, 0.5) is 0 Å². The Kier molecular flexibility index (Phi) is 8.94. The Morgan fingerprint density at radius 3 is 2.29 bits per heavy atom. The lowest BCUT2D eigenvalue weighted by molar-refractivity contribution is -0.108. The zero-order valence-electron chi connectivity index (χ0n) is 9.40. The normalized spacial score (nSPS) is 14.1. The van der Waals surface area contributed by atoms with E-state index in [0.29, 0.717) is 5.92 Å². The van der Waals surface area contributed by atoms with E-state index < -0.39 is 0 Å². The number of hydrogen-bond acceptors (Lipinski definition) is 3. The topological polar surface area (TPSA) is 38.7 Å². The molecule has 3 nitrogen and oxygen atoms in total. The number of aliphatic hydroxyl groups excluding tert-OH is 1.